The van der Waals surface area contributed by atoms with E-state index in [1.807, 2.05) is 38.1 Å². The highest BCUT2D eigenvalue weighted by Crippen LogP contribution is 2.17. The van der Waals surface area contributed by atoms with E-state index in [4.69, 9.17) is 4.74 Å². The van der Waals surface area contributed by atoms with E-state index in [2.05, 4.69) is 15.1 Å². The van der Waals surface area contributed by atoms with Crippen molar-refractivity contribution in [2.45, 2.75) is 39.3 Å². The number of aryl methyl sites for hydroxylation is 2. The lowest BCUT2D eigenvalue weighted by molar-refractivity contribution is 0.0500. The van der Waals surface area contributed by atoms with Gasteiger partial charge in [0, 0.05) is 31.1 Å². The topological polar surface area (TPSA) is 72.6 Å². The number of carbonyl (C=O) groups is 1. The maximum atomic E-state index is 13.3. The smallest absolute Gasteiger partial charge is 0.273 e. The third-order valence-corrected chi connectivity index (χ3v) is 4.76. The molecule has 0 N–H and O–H groups in total. The van der Waals surface area contributed by atoms with Gasteiger partial charge in [-0.3, -0.25) is 9.78 Å². The summed E-state index contributed by atoms with van der Waals surface area (Å²) in [6, 6.07) is 9.41. The summed E-state index contributed by atoms with van der Waals surface area (Å²) in [4.78, 5) is 24.0. The number of carbonyl (C=O) groups excluding carboxylic acids is 1. The Morgan fingerprint density at radius 2 is 2.22 bits per heavy atom. The molecule has 4 heterocycles. The van der Waals surface area contributed by atoms with Crippen molar-refractivity contribution in [3.05, 3.63) is 59.3 Å². The number of amides is 1. The Bertz CT molecular complexity index is 948. The fourth-order valence-electron chi connectivity index (χ4n) is 3.45. The molecule has 0 saturated carbocycles. The second kappa shape index (κ2) is 7.44. The first-order valence-corrected chi connectivity index (χ1v) is 9.25. The Morgan fingerprint density at radius 3 is 2.96 bits per heavy atom. The van der Waals surface area contributed by atoms with E-state index >= 15 is 0 Å². The van der Waals surface area contributed by atoms with Crippen molar-refractivity contribution in [2.75, 3.05) is 13.2 Å². The molecule has 1 aliphatic heterocycles. The van der Waals surface area contributed by atoms with Crippen molar-refractivity contribution in [1.82, 2.24) is 24.5 Å². The van der Waals surface area contributed by atoms with Crippen LogP contribution in [0.3, 0.4) is 0 Å². The number of aromatic nitrogens is 4. The summed E-state index contributed by atoms with van der Waals surface area (Å²) < 4.78 is 7.51. The second-order valence-electron chi connectivity index (χ2n) is 6.98. The van der Waals surface area contributed by atoms with Crippen molar-refractivity contribution in [2.24, 2.45) is 0 Å². The van der Waals surface area contributed by atoms with Crippen LogP contribution >= 0.6 is 0 Å². The Hall–Kier alpha value is -2.80. The predicted octanol–water partition coefficient (Wildman–Crippen LogP) is 2.56. The molecule has 1 aliphatic rings. The highest BCUT2D eigenvalue weighted by atomic mass is 16.5. The molecule has 0 aliphatic carbocycles. The summed E-state index contributed by atoms with van der Waals surface area (Å²) in [5.41, 5.74) is 3.72. The molecular formula is C20H23N5O2. The first-order chi connectivity index (χ1) is 13.1. The highest BCUT2D eigenvalue weighted by molar-refractivity contribution is 5.93. The van der Waals surface area contributed by atoms with Crippen molar-refractivity contribution in [1.29, 1.82) is 0 Å². The average Bonchev–Trinajstić information content (AvgIpc) is 3.30. The van der Waals surface area contributed by atoms with Crippen molar-refractivity contribution < 1.29 is 9.53 Å². The molecule has 0 bridgehead atoms. The monoisotopic (exact) mass is 365 g/mol. The van der Waals surface area contributed by atoms with E-state index in [-0.39, 0.29) is 12.0 Å². The number of pyridine rings is 1. The fraction of sp³-hybridized carbons (Fsp3) is 0.400. The van der Waals surface area contributed by atoms with Gasteiger partial charge in [-0.25, -0.2) is 9.50 Å². The number of fused-ring (bicyclic) bond motifs is 1. The fourth-order valence-corrected chi connectivity index (χ4v) is 3.45. The quantitative estimate of drug-likeness (QED) is 0.695. The number of hydrogen-bond acceptors (Lipinski definition) is 5. The predicted molar refractivity (Wildman–Crippen MR) is 100 cm³/mol. The Balaban J connectivity index is 1.64. The van der Waals surface area contributed by atoms with E-state index in [0.29, 0.717) is 24.4 Å². The number of ether oxygens (including phenoxy) is 1. The largest absolute Gasteiger partial charge is 0.376 e. The molecule has 27 heavy (non-hydrogen) atoms. The molecule has 140 valence electrons. The van der Waals surface area contributed by atoms with Crippen LogP contribution in [0.4, 0.5) is 0 Å². The normalized spacial score (nSPS) is 16.7. The molecule has 1 amide bonds. The zero-order valence-electron chi connectivity index (χ0n) is 15.6. The first-order valence-electron chi connectivity index (χ1n) is 9.25. The van der Waals surface area contributed by atoms with E-state index in [1.54, 1.807) is 21.7 Å². The summed E-state index contributed by atoms with van der Waals surface area (Å²) in [5, 5.41) is 4.41. The van der Waals surface area contributed by atoms with Crippen molar-refractivity contribution >= 4 is 11.6 Å². The second-order valence-corrected chi connectivity index (χ2v) is 6.98. The molecule has 3 aromatic rings. The maximum Gasteiger partial charge on any atom is 0.273 e. The number of nitrogens with zero attached hydrogens (tertiary/aromatic N) is 5. The molecule has 4 rings (SSSR count). The molecule has 7 nitrogen and oxygen atoms in total. The lowest BCUT2D eigenvalue weighted by Gasteiger charge is -2.25. The van der Waals surface area contributed by atoms with Crippen molar-refractivity contribution in [3.63, 3.8) is 0 Å². The third-order valence-electron chi connectivity index (χ3n) is 4.76. The Morgan fingerprint density at radius 1 is 1.33 bits per heavy atom. The minimum atomic E-state index is -0.111. The van der Waals surface area contributed by atoms with Crippen LogP contribution < -0.4 is 0 Å². The Kier molecular flexibility index (Phi) is 4.85. The van der Waals surface area contributed by atoms with Gasteiger partial charge in [-0.1, -0.05) is 6.07 Å². The molecule has 0 aromatic carbocycles. The van der Waals surface area contributed by atoms with Crippen molar-refractivity contribution in [3.8, 4) is 0 Å². The van der Waals surface area contributed by atoms with E-state index in [0.717, 1.165) is 36.5 Å². The van der Waals surface area contributed by atoms with Gasteiger partial charge in [0.05, 0.1) is 24.0 Å². The van der Waals surface area contributed by atoms with Gasteiger partial charge in [0.25, 0.3) is 5.91 Å². The zero-order valence-corrected chi connectivity index (χ0v) is 15.6. The van der Waals surface area contributed by atoms with Crippen LogP contribution in [0.15, 0.2) is 36.5 Å². The highest BCUT2D eigenvalue weighted by Gasteiger charge is 2.25. The van der Waals surface area contributed by atoms with Gasteiger partial charge in [0.1, 0.15) is 5.69 Å². The van der Waals surface area contributed by atoms with Gasteiger partial charge < -0.3 is 9.64 Å². The van der Waals surface area contributed by atoms with Gasteiger partial charge in [0.15, 0.2) is 5.65 Å². The molecule has 1 fully saturated rings. The lowest BCUT2D eigenvalue weighted by atomic mass is 10.2. The maximum absolute atomic E-state index is 13.3. The van der Waals surface area contributed by atoms with E-state index in [1.165, 1.54) is 0 Å². The summed E-state index contributed by atoms with van der Waals surface area (Å²) in [7, 11) is 0. The molecular weight excluding hydrogens is 342 g/mol. The average molecular weight is 365 g/mol. The van der Waals surface area contributed by atoms with Crippen LogP contribution in [0.5, 0.6) is 0 Å². The third kappa shape index (κ3) is 3.83. The van der Waals surface area contributed by atoms with Gasteiger partial charge in [-0.05, 0) is 44.9 Å². The van der Waals surface area contributed by atoms with Crippen LogP contribution in [0.1, 0.15) is 40.4 Å². The summed E-state index contributed by atoms with van der Waals surface area (Å²) in [5.74, 6) is -0.111. The first kappa shape index (κ1) is 17.6. The standard InChI is InChI=1S/C20H23N5O2/c1-14-10-19-22-18(11-15(2)25(19)23-14)20(26)24(13-17-7-5-9-27-17)12-16-6-3-4-8-21-16/h3-4,6,8,10-11,17H,5,7,9,12-13H2,1-2H3. The van der Waals surface area contributed by atoms with Crippen LogP contribution in [0.25, 0.3) is 5.65 Å². The zero-order chi connectivity index (χ0) is 18.8. The number of hydrogen-bond donors (Lipinski definition) is 0. The minimum Gasteiger partial charge on any atom is -0.376 e. The summed E-state index contributed by atoms with van der Waals surface area (Å²) in [6.45, 7) is 5.58. The van der Waals surface area contributed by atoms with Crippen LogP contribution in [0, 0.1) is 13.8 Å². The van der Waals surface area contributed by atoms with Gasteiger partial charge in [-0.15, -0.1) is 0 Å². The summed E-state index contributed by atoms with van der Waals surface area (Å²) in [6.07, 6.45) is 3.82. The van der Waals surface area contributed by atoms with Gasteiger partial charge in [-0.2, -0.15) is 5.10 Å². The molecule has 1 saturated heterocycles. The van der Waals surface area contributed by atoms with Crippen LogP contribution in [-0.2, 0) is 11.3 Å². The minimum absolute atomic E-state index is 0.0692. The number of rotatable bonds is 5. The van der Waals surface area contributed by atoms with Gasteiger partial charge in [0.2, 0.25) is 0 Å². The molecule has 0 spiro atoms. The van der Waals surface area contributed by atoms with Gasteiger partial charge >= 0.3 is 0 Å². The lowest BCUT2D eigenvalue weighted by Crippen LogP contribution is -2.37. The molecule has 0 radical (unpaired) electrons. The van der Waals surface area contributed by atoms with E-state index in [9.17, 15) is 4.79 Å². The van der Waals surface area contributed by atoms with Crippen LogP contribution in [0.2, 0.25) is 0 Å². The molecule has 1 unspecified atom stereocenters. The molecule has 1 atom stereocenters. The Labute approximate surface area is 158 Å². The molecule has 7 heteroatoms. The van der Waals surface area contributed by atoms with Crippen LogP contribution in [-0.4, -0.2) is 49.6 Å². The summed E-state index contributed by atoms with van der Waals surface area (Å²) >= 11 is 0. The SMILES string of the molecule is Cc1cc2nc(C(=O)N(Cc3ccccn3)CC3CCCO3)cc(C)n2n1. The molecule has 3 aromatic heterocycles. The van der Waals surface area contributed by atoms with E-state index < -0.39 is 0 Å².